The number of nitrogens with zero attached hydrogens (tertiary/aromatic N) is 8. The fraction of sp³-hybridized carbons (Fsp3) is 0.565. The van der Waals surface area contributed by atoms with Crippen LogP contribution in [0.4, 0.5) is 20.3 Å². The Balaban J connectivity index is 0.709. The van der Waals surface area contributed by atoms with Crippen LogP contribution in [-0.4, -0.2) is 121 Å². The van der Waals surface area contributed by atoms with Crippen LogP contribution >= 0.6 is 0 Å². The van der Waals surface area contributed by atoms with Crippen LogP contribution in [0.2, 0.25) is 0 Å². The topological polar surface area (TPSA) is 203 Å². The van der Waals surface area contributed by atoms with Crippen molar-refractivity contribution < 1.29 is 37.4 Å². The number of H-pyrrole nitrogens is 1. The Hall–Kier alpha value is -5.86. The van der Waals surface area contributed by atoms with Gasteiger partial charge in [0, 0.05) is 57.6 Å². The summed E-state index contributed by atoms with van der Waals surface area (Å²) in [6, 6.07) is 6.86. The van der Waals surface area contributed by atoms with Gasteiger partial charge in [-0.15, -0.1) is 0 Å². The molecule has 3 aliphatic heterocycles. The molecule has 0 spiro atoms. The van der Waals surface area contributed by atoms with E-state index in [9.17, 15) is 32.8 Å². The van der Waals surface area contributed by atoms with Crippen molar-refractivity contribution >= 4 is 51.7 Å². The third-order valence-electron chi connectivity index (χ3n) is 13.8. The van der Waals surface area contributed by atoms with Gasteiger partial charge in [0.25, 0.3) is 12.3 Å². The number of carbonyl (C=O) groups is 4. The summed E-state index contributed by atoms with van der Waals surface area (Å²) in [4.78, 5) is 75.3. The van der Waals surface area contributed by atoms with Gasteiger partial charge in [-0.05, 0) is 102 Å². The number of anilines is 2. The Kier molecular flexibility index (Phi) is 13.4. The number of hydrogen-bond acceptors (Lipinski definition) is 12. The van der Waals surface area contributed by atoms with Gasteiger partial charge in [-0.25, -0.2) is 23.1 Å². The lowest BCUT2D eigenvalue weighted by molar-refractivity contribution is -0.135. The van der Waals surface area contributed by atoms with Gasteiger partial charge in [0.05, 0.1) is 47.7 Å². The number of aromatic amines is 1. The van der Waals surface area contributed by atoms with Crippen LogP contribution in [0.1, 0.15) is 111 Å². The Labute approximate surface area is 379 Å². The molecule has 7 heterocycles. The van der Waals surface area contributed by atoms with E-state index in [1.165, 1.54) is 21.5 Å². The summed E-state index contributed by atoms with van der Waals surface area (Å²) in [6.45, 7) is 5.47. The first-order chi connectivity index (χ1) is 31.9. The number of imide groups is 1. The molecule has 2 unspecified atom stereocenters. The molecule has 4 atom stereocenters. The number of halogens is 2. The van der Waals surface area contributed by atoms with Gasteiger partial charge in [0.15, 0.2) is 11.3 Å². The second-order valence-corrected chi connectivity index (χ2v) is 18.4. The van der Waals surface area contributed by atoms with Crippen LogP contribution in [0.15, 0.2) is 47.7 Å². The molecule has 20 heteroatoms. The number of morpholine rings is 1. The maximum atomic E-state index is 14.3. The molecule has 352 valence electrons. The Morgan fingerprint density at radius 2 is 1.88 bits per heavy atom. The van der Waals surface area contributed by atoms with Gasteiger partial charge >= 0.3 is 5.69 Å². The first-order valence-corrected chi connectivity index (χ1v) is 23.1. The zero-order valence-electron chi connectivity index (χ0n) is 37.3. The molecule has 4 aromatic heterocycles. The second kappa shape index (κ2) is 19.5. The number of para-hydroxylation sites is 1. The SMILES string of the molecule is CC(=O)C(CCCOCCCc1cccc2c1[nH]c(=O)n2C1CCC(=O)NC1=O)CN(C)CC1CCC(n2cc(NC(=O)c3cnn4ccc(N5C[C@H]6C[C@@H]5CO6)nc34)c(C(F)F)n2)CC1. The zero-order valence-corrected chi connectivity index (χ0v) is 37.3. The third-order valence-corrected chi connectivity index (χ3v) is 13.8. The molecule has 3 N–H and O–H groups in total. The van der Waals surface area contributed by atoms with E-state index in [0.717, 1.165) is 69.4 Å². The smallest absolute Gasteiger partial charge is 0.327 e. The van der Waals surface area contributed by atoms with Crippen molar-refractivity contribution in [1.29, 1.82) is 0 Å². The van der Waals surface area contributed by atoms with E-state index in [-0.39, 0.29) is 65.6 Å². The number of imidazole rings is 1. The quantitative estimate of drug-likeness (QED) is 0.0740. The molecule has 9 rings (SSSR count). The number of rotatable bonds is 19. The summed E-state index contributed by atoms with van der Waals surface area (Å²) in [5.74, 6) is -0.284. The first kappa shape index (κ1) is 45.3. The summed E-state index contributed by atoms with van der Waals surface area (Å²) in [6.07, 6.45) is 9.38. The summed E-state index contributed by atoms with van der Waals surface area (Å²) in [5.41, 5.74) is 1.88. The van der Waals surface area contributed by atoms with E-state index in [0.29, 0.717) is 61.8 Å². The van der Waals surface area contributed by atoms with E-state index < -0.39 is 30.0 Å². The number of alkyl halides is 2. The van der Waals surface area contributed by atoms with Crippen molar-refractivity contribution in [1.82, 2.24) is 44.1 Å². The summed E-state index contributed by atoms with van der Waals surface area (Å²) >= 11 is 0. The van der Waals surface area contributed by atoms with Gasteiger partial charge in [-0.1, -0.05) is 12.1 Å². The Morgan fingerprint density at radius 1 is 1.06 bits per heavy atom. The average molecular weight is 914 g/mol. The van der Waals surface area contributed by atoms with E-state index in [1.54, 1.807) is 23.9 Å². The van der Waals surface area contributed by atoms with Crippen molar-refractivity contribution in [2.45, 2.75) is 108 Å². The molecule has 3 saturated heterocycles. The van der Waals surface area contributed by atoms with Crippen LogP contribution in [0.25, 0.3) is 16.7 Å². The molecule has 18 nitrogen and oxygen atoms in total. The van der Waals surface area contributed by atoms with Crippen molar-refractivity contribution in [3.8, 4) is 0 Å². The monoisotopic (exact) mass is 913 g/mol. The minimum Gasteiger partial charge on any atom is -0.381 e. The lowest BCUT2D eigenvalue weighted by Crippen LogP contribution is -2.43. The fourth-order valence-corrected chi connectivity index (χ4v) is 10.4. The number of aromatic nitrogens is 7. The largest absolute Gasteiger partial charge is 0.381 e. The fourth-order valence-electron chi connectivity index (χ4n) is 10.4. The third kappa shape index (κ3) is 9.67. The number of aryl methyl sites for hydroxylation is 1. The molecule has 1 aromatic carbocycles. The number of fused-ring (bicyclic) bond motifs is 4. The van der Waals surface area contributed by atoms with Crippen molar-refractivity contribution in [3.63, 3.8) is 0 Å². The summed E-state index contributed by atoms with van der Waals surface area (Å²) < 4.78 is 44.8. The lowest BCUT2D eigenvalue weighted by atomic mass is 9.85. The van der Waals surface area contributed by atoms with Crippen molar-refractivity contribution in [2.24, 2.45) is 11.8 Å². The standard InChI is InChI=1S/C46H57F2N11O7/c1-27(60)30(8-5-19-65-18-4-7-29-6-3-9-36-40(29)53-46(64)59(36)37-14-15-39(61)52-45(37)63)23-55(2)22-28-10-12-31(13-11-28)58-25-35(41(54-58)42(47)48)50-44(62)34-21-49-57-17-16-38(51-43(34)57)56-24-33-20-32(56)26-66-33/h3,6,9,16-17,21,25,28,30-33,37,42H,4-5,7-8,10-15,18-20,22-24,26H2,1-2H3,(H,50,62)(H,53,64)(H,52,61,63)/t28?,30?,31?,32-,33-,37?/m1/s1. The highest BCUT2D eigenvalue weighted by Crippen LogP contribution is 2.36. The maximum absolute atomic E-state index is 14.3. The maximum Gasteiger partial charge on any atom is 0.327 e. The Morgan fingerprint density at radius 3 is 2.62 bits per heavy atom. The number of hydrogen-bond donors (Lipinski definition) is 3. The number of Topliss-reactive ketones (excluding diaryl/α,β-unsaturated/α-hetero) is 1. The number of carbonyl (C=O) groups excluding carboxylic acids is 4. The average Bonchev–Trinajstić information content (AvgIpc) is 4.15. The van der Waals surface area contributed by atoms with E-state index in [4.69, 9.17) is 14.5 Å². The first-order valence-electron chi connectivity index (χ1n) is 23.1. The second-order valence-electron chi connectivity index (χ2n) is 18.4. The molecule has 0 radical (unpaired) electrons. The highest BCUT2D eigenvalue weighted by atomic mass is 19.3. The number of amides is 3. The van der Waals surface area contributed by atoms with Crippen molar-refractivity contribution in [2.75, 3.05) is 56.7 Å². The van der Waals surface area contributed by atoms with Crippen LogP contribution < -0.4 is 21.2 Å². The highest BCUT2D eigenvalue weighted by molar-refractivity contribution is 6.08. The Bertz CT molecular complexity index is 2650. The van der Waals surface area contributed by atoms with Gasteiger partial charge in [0.2, 0.25) is 11.8 Å². The minimum atomic E-state index is -2.88. The van der Waals surface area contributed by atoms with Crippen LogP contribution in [0.5, 0.6) is 0 Å². The molecule has 1 saturated carbocycles. The van der Waals surface area contributed by atoms with Crippen LogP contribution in [0, 0.1) is 11.8 Å². The number of benzene rings is 1. The molecule has 5 aromatic rings. The number of ketones is 1. The molecule has 66 heavy (non-hydrogen) atoms. The van der Waals surface area contributed by atoms with Gasteiger partial charge < -0.3 is 29.6 Å². The molecule has 4 aliphatic rings. The summed E-state index contributed by atoms with van der Waals surface area (Å²) in [7, 11) is 2.04. The molecular weight excluding hydrogens is 857 g/mol. The molecule has 3 amide bonds. The normalized spacial score (nSPS) is 22.6. The predicted molar refractivity (Wildman–Crippen MR) is 239 cm³/mol. The summed E-state index contributed by atoms with van der Waals surface area (Å²) in [5, 5.41) is 13.5. The number of piperidine rings is 1. The van der Waals surface area contributed by atoms with Crippen LogP contribution in [-0.2, 0) is 30.3 Å². The number of nitrogens with one attached hydrogen (secondary N) is 3. The predicted octanol–water partition coefficient (Wildman–Crippen LogP) is 5.01. The van der Waals surface area contributed by atoms with Gasteiger partial charge in [0.1, 0.15) is 23.2 Å². The van der Waals surface area contributed by atoms with Gasteiger partial charge in [-0.3, -0.25) is 33.7 Å². The minimum absolute atomic E-state index is 0.0324. The highest BCUT2D eigenvalue weighted by Gasteiger charge is 2.40. The molecular formula is C46H57F2N11O7. The molecule has 4 fully saturated rings. The van der Waals surface area contributed by atoms with E-state index >= 15 is 0 Å². The van der Waals surface area contributed by atoms with Crippen molar-refractivity contribution in [3.05, 3.63) is 70.2 Å². The molecule has 2 bridgehead atoms. The number of ether oxygens (including phenoxy) is 2. The lowest BCUT2D eigenvalue weighted by Gasteiger charge is -2.32. The molecule has 1 aliphatic carbocycles. The van der Waals surface area contributed by atoms with E-state index in [2.05, 4.69) is 35.6 Å². The van der Waals surface area contributed by atoms with E-state index in [1.807, 2.05) is 25.2 Å². The zero-order chi connectivity index (χ0) is 46.1. The van der Waals surface area contributed by atoms with Crippen LogP contribution in [0.3, 0.4) is 0 Å². The van der Waals surface area contributed by atoms with Gasteiger partial charge in [-0.2, -0.15) is 10.2 Å².